The molecule has 102 valence electrons. The van der Waals surface area contributed by atoms with Crippen LogP contribution in [0.4, 0.5) is 5.82 Å². The van der Waals surface area contributed by atoms with Crippen molar-refractivity contribution in [2.45, 2.75) is 39.3 Å². The highest BCUT2D eigenvalue weighted by atomic mass is 16.5. The molecule has 1 aromatic heterocycles. The highest BCUT2D eigenvalue weighted by Crippen LogP contribution is 2.19. The Hall–Kier alpha value is -1.07. The molecule has 1 unspecified atom stereocenters. The Morgan fingerprint density at radius 3 is 2.94 bits per heavy atom. The fourth-order valence-corrected chi connectivity index (χ4v) is 2.05. The number of aryl methyl sites for hydroxylation is 1. The van der Waals surface area contributed by atoms with E-state index in [1.807, 2.05) is 13.0 Å². The molecule has 0 radical (unpaired) electrons. The van der Waals surface area contributed by atoms with Gasteiger partial charge in [-0.15, -0.1) is 0 Å². The lowest BCUT2D eigenvalue weighted by atomic mass is 10.1. The van der Waals surface area contributed by atoms with E-state index in [-0.39, 0.29) is 5.60 Å². The Kier molecular flexibility index (Phi) is 3.92. The summed E-state index contributed by atoms with van der Waals surface area (Å²) in [5, 5.41) is 7.50. The average molecular weight is 253 g/mol. The fraction of sp³-hybridized carbons (Fsp3) is 0.769. The van der Waals surface area contributed by atoms with Gasteiger partial charge in [-0.3, -0.25) is 0 Å². The first-order valence-corrected chi connectivity index (χ1v) is 6.50. The second kappa shape index (κ2) is 5.28. The van der Waals surface area contributed by atoms with Crippen LogP contribution in [0.15, 0.2) is 10.6 Å². The molecule has 0 aromatic carbocycles. The smallest absolute Gasteiger partial charge is 0.172 e. The molecule has 0 bridgehead atoms. The van der Waals surface area contributed by atoms with E-state index in [0.717, 1.165) is 31.2 Å². The molecule has 1 aliphatic rings. The minimum absolute atomic E-state index is 0.108. The molecule has 5 nitrogen and oxygen atoms in total. The maximum Gasteiger partial charge on any atom is 0.172 e. The van der Waals surface area contributed by atoms with Gasteiger partial charge in [0.15, 0.2) is 5.82 Å². The third-order valence-corrected chi connectivity index (χ3v) is 2.97. The molecule has 1 atom stereocenters. The van der Waals surface area contributed by atoms with Crippen LogP contribution < -0.4 is 10.2 Å². The SMILES string of the molecule is Cc1cc(N2CCNCC2COC(C)(C)C)no1. The predicted molar refractivity (Wildman–Crippen MR) is 70.9 cm³/mol. The number of piperazine rings is 1. The van der Waals surface area contributed by atoms with Crippen LogP contribution in [0.1, 0.15) is 26.5 Å². The van der Waals surface area contributed by atoms with Crippen molar-refractivity contribution >= 4 is 5.82 Å². The van der Waals surface area contributed by atoms with Crippen molar-refractivity contribution in [3.05, 3.63) is 11.8 Å². The first kappa shape index (κ1) is 13.4. The maximum absolute atomic E-state index is 5.89. The number of ether oxygens (including phenoxy) is 1. The monoisotopic (exact) mass is 253 g/mol. The molecule has 1 aliphatic heterocycles. The van der Waals surface area contributed by atoms with Crippen molar-refractivity contribution in [3.63, 3.8) is 0 Å². The Labute approximate surface area is 108 Å². The van der Waals surface area contributed by atoms with Gasteiger partial charge in [-0.2, -0.15) is 0 Å². The Bertz CT molecular complexity index is 384. The average Bonchev–Trinajstić information content (AvgIpc) is 2.72. The van der Waals surface area contributed by atoms with Gasteiger partial charge in [-0.1, -0.05) is 5.16 Å². The van der Waals surface area contributed by atoms with Crippen LogP contribution in [0.25, 0.3) is 0 Å². The summed E-state index contributed by atoms with van der Waals surface area (Å²) in [5.74, 6) is 1.76. The van der Waals surface area contributed by atoms with Gasteiger partial charge in [0.1, 0.15) is 5.76 Å². The quantitative estimate of drug-likeness (QED) is 0.886. The fourth-order valence-electron chi connectivity index (χ4n) is 2.05. The Balaban J connectivity index is 2.02. The zero-order valence-corrected chi connectivity index (χ0v) is 11.7. The summed E-state index contributed by atoms with van der Waals surface area (Å²) in [6.07, 6.45) is 0. The van der Waals surface area contributed by atoms with Gasteiger partial charge in [0.25, 0.3) is 0 Å². The molecule has 2 heterocycles. The Morgan fingerprint density at radius 2 is 2.33 bits per heavy atom. The Morgan fingerprint density at radius 1 is 1.56 bits per heavy atom. The summed E-state index contributed by atoms with van der Waals surface area (Å²) in [6, 6.07) is 2.29. The van der Waals surface area contributed by atoms with E-state index in [2.05, 4.69) is 36.1 Å². The third-order valence-electron chi connectivity index (χ3n) is 2.97. The van der Waals surface area contributed by atoms with E-state index in [9.17, 15) is 0 Å². The third kappa shape index (κ3) is 3.46. The van der Waals surface area contributed by atoms with Gasteiger partial charge >= 0.3 is 0 Å². The number of rotatable bonds is 3. The molecular formula is C13H23N3O2. The summed E-state index contributed by atoms with van der Waals surface area (Å²) in [5.41, 5.74) is -0.108. The van der Waals surface area contributed by atoms with Crippen molar-refractivity contribution in [2.24, 2.45) is 0 Å². The summed E-state index contributed by atoms with van der Waals surface area (Å²) in [6.45, 7) is 11.7. The van der Waals surface area contributed by atoms with E-state index < -0.39 is 0 Å². The van der Waals surface area contributed by atoms with E-state index in [1.165, 1.54) is 0 Å². The van der Waals surface area contributed by atoms with Crippen LogP contribution in [0.5, 0.6) is 0 Å². The van der Waals surface area contributed by atoms with Crippen LogP contribution in [-0.2, 0) is 4.74 Å². The van der Waals surface area contributed by atoms with Crippen molar-refractivity contribution in [1.82, 2.24) is 10.5 Å². The highest BCUT2D eigenvalue weighted by Gasteiger charge is 2.26. The zero-order valence-electron chi connectivity index (χ0n) is 11.7. The van der Waals surface area contributed by atoms with Crippen LogP contribution in [-0.4, -0.2) is 43.0 Å². The molecule has 0 amide bonds. The van der Waals surface area contributed by atoms with E-state index in [0.29, 0.717) is 12.6 Å². The molecule has 1 N–H and O–H groups in total. The summed E-state index contributed by atoms with van der Waals surface area (Å²) in [4.78, 5) is 2.26. The number of nitrogens with one attached hydrogen (secondary N) is 1. The molecule has 1 saturated heterocycles. The normalized spacial score (nSPS) is 21.3. The topological polar surface area (TPSA) is 50.5 Å². The van der Waals surface area contributed by atoms with Crippen LogP contribution in [0, 0.1) is 6.92 Å². The van der Waals surface area contributed by atoms with Crippen molar-refractivity contribution in [2.75, 3.05) is 31.1 Å². The first-order valence-electron chi connectivity index (χ1n) is 6.50. The largest absolute Gasteiger partial charge is 0.374 e. The van der Waals surface area contributed by atoms with Crippen LogP contribution in [0.2, 0.25) is 0 Å². The van der Waals surface area contributed by atoms with Crippen molar-refractivity contribution in [1.29, 1.82) is 0 Å². The lowest BCUT2D eigenvalue weighted by Gasteiger charge is -2.37. The molecule has 1 fully saturated rings. The summed E-state index contributed by atoms with van der Waals surface area (Å²) >= 11 is 0. The molecule has 5 heteroatoms. The summed E-state index contributed by atoms with van der Waals surface area (Å²) < 4.78 is 11.0. The van der Waals surface area contributed by atoms with Gasteiger partial charge in [0.05, 0.1) is 18.2 Å². The number of anilines is 1. The van der Waals surface area contributed by atoms with Crippen LogP contribution >= 0.6 is 0 Å². The van der Waals surface area contributed by atoms with Gasteiger partial charge in [-0.05, 0) is 27.7 Å². The van der Waals surface area contributed by atoms with Crippen molar-refractivity contribution in [3.8, 4) is 0 Å². The number of hydrogen-bond acceptors (Lipinski definition) is 5. The lowest BCUT2D eigenvalue weighted by molar-refractivity contribution is -0.0119. The number of aromatic nitrogens is 1. The van der Waals surface area contributed by atoms with E-state index in [4.69, 9.17) is 9.26 Å². The zero-order chi connectivity index (χ0) is 13.2. The molecule has 1 aromatic rings. The molecule has 18 heavy (non-hydrogen) atoms. The predicted octanol–water partition coefficient (Wildman–Crippen LogP) is 1.58. The second-order valence-electron chi connectivity index (χ2n) is 5.77. The van der Waals surface area contributed by atoms with E-state index in [1.54, 1.807) is 0 Å². The molecule has 2 rings (SSSR count). The number of nitrogens with zero attached hydrogens (tertiary/aromatic N) is 2. The maximum atomic E-state index is 5.89. The first-order chi connectivity index (χ1) is 8.46. The second-order valence-corrected chi connectivity index (χ2v) is 5.77. The van der Waals surface area contributed by atoms with Crippen LogP contribution in [0.3, 0.4) is 0 Å². The molecule has 0 aliphatic carbocycles. The minimum Gasteiger partial charge on any atom is -0.374 e. The van der Waals surface area contributed by atoms with Crippen molar-refractivity contribution < 1.29 is 9.26 Å². The van der Waals surface area contributed by atoms with E-state index >= 15 is 0 Å². The molecular weight excluding hydrogens is 230 g/mol. The highest BCUT2D eigenvalue weighted by molar-refractivity contribution is 5.40. The van der Waals surface area contributed by atoms with Gasteiger partial charge < -0.3 is 19.5 Å². The lowest BCUT2D eigenvalue weighted by Crippen LogP contribution is -2.54. The molecule has 0 saturated carbocycles. The summed E-state index contributed by atoms with van der Waals surface area (Å²) in [7, 11) is 0. The molecule has 0 spiro atoms. The van der Waals surface area contributed by atoms with Gasteiger partial charge in [0, 0.05) is 25.7 Å². The number of hydrogen-bond donors (Lipinski definition) is 1. The standard InChI is InChI=1S/C13H23N3O2/c1-10-7-12(15-18-10)16-6-5-14-8-11(16)9-17-13(2,3)4/h7,11,14H,5-6,8-9H2,1-4H3. The van der Waals surface area contributed by atoms with Gasteiger partial charge in [0.2, 0.25) is 0 Å². The minimum atomic E-state index is -0.108. The van der Waals surface area contributed by atoms with Gasteiger partial charge in [-0.25, -0.2) is 0 Å².